The molecule has 2 heterocycles. The molecule has 1 aliphatic rings. The van der Waals surface area contributed by atoms with Crippen molar-refractivity contribution in [3.8, 4) is 11.5 Å². The Bertz CT molecular complexity index is 819. The Hall–Kier alpha value is -2.35. The van der Waals surface area contributed by atoms with Crippen LogP contribution in [0.15, 0.2) is 34.9 Å². The van der Waals surface area contributed by atoms with Crippen LogP contribution in [0.2, 0.25) is 0 Å². The maximum absolute atomic E-state index is 13.2. The number of likely N-dealkylation sites (tertiary alicyclic amines) is 1. The summed E-state index contributed by atoms with van der Waals surface area (Å²) in [6, 6.07) is 5.09. The molecule has 1 aliphatic heterocycles. The zero-order valence-electron chi connectivity index (χ0n) is 15.0. The predicted octanol–water partition coefficient (Wildman–Crippen LogP) is 4.43. The third kappa shape index (κ3) is 4.00. The summed E-state index contributed by atoms with van der Waals surface area (Å²) in [6.45, 7) is 4.19. The van der Waals surface area contributed by atoms with Crippen molar-refractivity contribution in [2.45, 2.75) is 51.5 Å². The van der Waals surface area contributed by atoms with Crippen LogP contribution in [0.5, 0.6) is 0 Å². The summed E-state index contributed by atoms with van der Waals surface area (Å²) in [6.07, 6.45) is -1.82. The van der Waals surface area contributed by atoms with Crippen LogP contribution in [0.4, 0.5) is 13.2 Å². The summed E-state index contributed by atoms with van der Waals surface area (Å²) in [5.41, 5.74) is -0.435. The Balaban J connectivity index is 1.84. The van der Waals surface area contributed by atoms with E-state index in [0.29, 0.717) is 18.7 Å². The maximum atomic E-state index is 13.2. The fraction of sp³-hybridized carbons (Fsp3) is 0.474. The van der Waals surface area contributed by atoms with E-state index in [1.807, 2.05) is 18.7 Å². The number of aliphatic carboxylic acids is 1. The third-order valence-electron chi connectivity index (χ3n) is 5.24. The lowest BCUT2D eigenvalue weighted by Gasteiger charge is -2.41. The first-order chi connectivity index (χ1) is 12.7. The van der Waals surface area contributed by atoms with Gasteiger partial charge < -0.3 is 9.52 Å². The molecule has 1 aromatic carbocycles. The molecule has 1 fully saturated rings. The molecule has 1 N–H and O–H groups in total. The van der Waals surface area contributed by atoms with E-state index in [0.717, 1.165) is 12.5 Å². The second-order valence-electron chi connectivity index (χ2n) is 6.97. The van der Waals surface area contributed by atoms with E-state index in [9.17, 15) is 23.1 Å². The molecule has 0 amide bonds. The molecule has 1 aromatic heterocycles. The fourth-order valence-electron chi connectivity index (χ4n) is 3.70. The fourth-order valence-corrected chi connectivity index (χ4v) is 3.70. The zero-order chi connectivity index (χ0) is 19.8. The molecule has 0 bridgehead atoms. The molecule has 2 aromatic rings. The zero-order valence-corrected chi connectivity index (χ0v) is 15.0. The molecule has 5 nitrogen and oxygen atoms in total. The van der Waals surface area contributed by atoms with Crippen LogP contribution >= 0.6 is 0 Å². The van der Waals surface area contributed by atoms with Crippen molar-refractivity contribution in [2.24, 2.45) is 5.92 Å². The molecule has 0 aliphatic carbocycles. The minimum atomic E-state index is -4.50. The molecular weight excluding hydrogens is 361 g/mol. The first-order valence-corrected chi connectivity index (χ1v) is 8.78. The largest absolute Gasteiger partial charge is 0.481 e. The number of hydrogen-bond donors (Lipinski definition) is 1. The first kappa shape index (κ1) is 19.4. The van der Waals surface area contributed by atoms with Gasteiger partial charge in [-0.15, -0.1) is 0 Å². The number of rotatable bonds is 4. The SMILES string of the molecule is CC1CCC(C(=O)O)C(C)N1Cc1coc(-c2ccccc2C(F)(F)F)n1. The average Bonchev–Trinajstić information content (AvgIpc) is 3.06. The summed E-state index contributed by atoms with van der Waals surface area (Å²) >= 11 is 0. The van der Waals surface area contributed by atoms with Crippen molar-refractivity contribution in [1.29, 1.82) is 0 Å². The summed E-state index contributed by atoms with van der Waals surface area (Å²) in [7, 11) is 0. The topological polar surface area (TPSA) is 66.6 Å². The molecule has 0 saturated carbocycles. The lowest BCUT2D eigenvalue weighted by Crippen LogP contribution is -2.50. The van der Waals surface area contributed by atoms with Crippen molar-refractivity contribution in [1.82, 2.24) is 9.88 Å². The molecule has 3 rings (SSSR count). The number of alkyl halides is 3. The van der Waals surface area contributed by atoms with Gasteiger partial charge in [-0.25, -0.2) is 4.98 Å². The predicted molar refractivity (Wildman–Crippen MR) is 91.8 cm³/mol. The Labute approximate surface area is 154 Å². The second kappa shape index (κ2) is 7.34. The van der Waals surface area contributed by atoms with Gasteiger partial charge in [0.1, 0.15) is 6.26 Å². The lowest BCUT2D eigenvalue weighted by molar-refractivity contribution is -0.146. The maximum Gasteiger partial charge on any atom is 0.417 e. The molecule has 1 saturated heterocycles. The molecule has 146 valence electrons. The van der Waals surface area contributed by atoms with Gasteiger partial charge in [-0.3, -0.25) is 9.69 Å². The number of carbonyl (C=O) groups is 1. The van der Waals surface area contributed by atoms with E-state index in [-0.39, 0.29) is 23.5 Å². The minimum Gasteiger partial charge on any atom is -0.481 e. The smallest absolute Gasteiger partial charge is 0.417 e. The van der Waals surface area contributed by atoms with Crippen LogP contribution in [0, 0.1) is 5.92 Å². The standard InChI is InChI=1S/C19H21F3N2O3/c1-11-7-8-14(18(25)26)12(2)24(11)9-13-10-27-17(23-13)15-5-3-4-6-16(15)19(20,21)22/h3-6,10-12,14H,7-9H2,1-2H3,(H,25,26). The molecule has 27 heavy (non-hydrogen) atoms. The van der Waals surface area contributed by atoms with Gasteiger partial charge in [-0.2, -0.15) is 13.2 Å². The number of aromatic nitrogens is 1. The highest BCUT2D eigenvalue weighted by Gasteiger charge is 2.37. The van der Waals surface area contributed by atoms with E-state index < -0.39 is 23.6 Å². The van der Waals surface area contributed by atoms with Gasteiger partial charge in [0, 0.05) is 24.2 Å². The van der Waals surface area contributed by atoms with Crippen LogP contribution in [0.25, 0.3) is 11.5 Å². The van der Waals surface area contributed by atoms with E-state index >= 15 is 0 Å². The monoisotopic (exact) mass is 382 g/mol. The highest BCUT2D eigenvalue weighted by atomic mass is 19.4. The first-order valence-electron chi connectivity index (χ1n) is 8.78. The highest BCUT2D eigenvalue weighted by Crippen LogP contribution is 2.37. The van der Waals surface area contributed by atoms with Crippen LogP contribution in [-0.2, 0) is 17.5 Å². The summed E-state index contributed by atoms with van der Waals surface area (Å²) in [4.78, 5) is 17.7. The number of benzene rings is 1. The van der Waals surface area contributed by atoms with Crippen LogP contribution < -0.4 is 0 Å². The van der Waals surface area contributed by atoms with Gasteiger partial charge in [-0.05, 0) is 38.8 Å². The Morgan fingerprint density at radius 2 is 2.00 bits per heavy atom. The normalized spacial score (nSPS) is 24.1. The number of oxazole rings is 1. The number of hydrogen-bond acceptors (Lipinski definition) is 4. The molecule has 8 heteroatoms. The number of carboxylic acids is 1. The van der Waals surface area contributed by atoms with E-state index in [2.05, 4.69) is 4.98 Å². The summed E-state index contributed by atoms with van der Waals surface area (Å²) in [5.74, 6) is -1.40. The minimum absolute atomic E-state index is 0.0926. The summed E-state index contributed by atoms with van der Waals surface area (Å²) < 4.78 is 44.9. The third-order valence-corrected chi connectivity index (χ3v) is 5.24. The Kier molecular flexibility index (Phi) is 5.28. The van der Waals surface area contributed by atoms with Crippen molar-refractivity contribution < 1.29 is 27.5 Å². The van der Waals surface area contributed by atoms with E-state index in [1.165, 1.54) is 24.5 Å². The van der Waals surface area contributed by atoms with Crippen molar-refractivity contribution in [3.05, 3.63) is 41.8 Å². The molecular formula is C19H21F3N2O3. The van der Waals surface area contributed by atoms with Crippen molar-refractivity contribution in [3.63, 3.8) is 0 Å². The number of halogens is 3. The lowest BCUT2D eigenvalue weighted by atomic mass is 9.86. The molecule has 3 unspecified atom stereocenters. The number of piperidine rings is 1. The molecule has 3 atom stereocenters. The average molecular weight is 382 g/mol. The Morgan fingerprint density at radius 1 is 1.30 bits per heavy atom. The van der Waals surface area contributed by atoms with Crippen LogP contribution in [-0.4, -0.2) is 33.0 Å². The summed E-state index contributed by atoms with van der Waals surface area (Å²) in [5, 5.41) is 9.37. The van der Waals surface area contributed by atoms with Gasteiger partial charge in [-0.1, -0.05) is 12.1 Å². The van der Waals surface area contributed by atoms with Crippen molar-refractivity contribution in [2.75, 3.05) is 0 Å². The highest BCUT2D eigenvalue weighted by molar-refractivity contribution is 5.71. The molecule has 0 radical (unpaired) electrons. The van der Waals surface area contributed by atoms with Gasteiger partial charge in [0.25, 0.3) is 0 Å². The Morgan fingerprint density at radius 3 is 2.67 bits per heavy atom. The van der Waals surface area contributed by atoms with Gasteiger partial charge in [0.15, 0.2) is 0 Å². The van der Waals surface area contributed by atoms with E-state index in [1.54, 1.807) is 0 Å². The number of nitrogens with zero attached hydrogens (tertiary/aromatic N) is 2. The van der Waals surface area contributed by atoms with Crippen LogP contribution in [0.3, 0.4) is 0 Å². The van der Waals surface area contributed by atoms with Crippen LogP contribution in [0.1, 0.15) is 37.9 Å². The molecule has 0 spiro atoms. The van der Waals surface area contributed by atoms with Gasteiger partial charge >= 0.3 is 12.1 Å². The van der Waals surface area contributed by atoms with Gasteiger partial charge in [0.05, 0.1) is 17.2 Å². The van der Waals surface area contributed by atoms with Gasteiger partial charge in [0.2, 0.25) is 5.89 Å². The quantitative estimate of drug-likeness (QED) is 0.847. The number of carboxylic acid groups (broad SMARTS) is 1. The van der Waals surface area contributed by atoms with E-state index in [4.69, 9.17) is 4.42 Å². The van der Waals surface area contributed by atoms with Crippen molar-refractivity contribution >= 4 is 5.97 Å². The second-order valence-corrected chi connectivity index (χ2v) is 6.97.